The minimum absolute atomic E-state index is 0.0318. The fraction of sp³-hybridized carbons (Fsp3) is 0.500. The highest BCUT2D eigenvalue weighted by Gasteiger charge is 2.35. The molecule has 0 aliphatic heterocycles. The Hall–Kier alpha value is -1.42. The molecule has 4 heteroatoms. The predicted molar refractivity (Wildman–Crippen MR) is 62.8 cm³/mol. The summed E-state index contributed by atoms with van der Waals surface area (Å²) in [5.74, 6) is 0.175. The Balaban J connectivity index is 2.39. The number of imidazole rings is 1. The molecule has 1 aromatic rings. The molecule has 1 unspecified atom stereocenters. The highest BCUT2D eigenvalue weighted by molar-refractivity contribution is 6.16. The SMILES string of the molecule is CNC1C=C(n2ccnc2)C(=O)CC1(C)C. The van der Waals surface area contributed by atoms with Crippen LogP contribution in [0.25, 0.3) is 5.70 Å². The molecule has 1 heterocycles. The standard InChI is InChI=1S/C12H17N3O/c1-12(2)7-10(16)9(6-11(12)13-3)15-5-4-14-8-15/h4-6,8,11,13H,7H2,1-3H3. The Labute approximate surface area is 95.4 Å². The van der Waals surface area contributed by atoms with Crippen LogP contribution < -0.4 is 5.32 Å². The van der Waals surface area contributed by atoms with E-state index in [0.29, 0.717) is 6.42 Å². The Morgan fingerprint density at radius 2 is 2.31 bits per heavy atom. The van der Waals surface area contributed by atoms with Gasteiger partial charge in [-0.05, 0) is 18.5 Å². The molecule has 0 spiro atoms. The van der Waals surface area contributed by atoms with E-state index in [1.54, 1.807) is 23.3 Å². The number of nitrogens with one attached hydrogen (secondary N) is 1. The van der Waals surface area contributed by atoms with Gasteiger partial charge in [0.1, 0.15) is 0 Å². The molecule has 86 valence electrons. The average Bonchev–Trinajstić information content (AvgIpc) is 2.69. The van der Waals surface area contributed by atoms with E-state index in [1.807, 2.05) is 13.1 Å². The van der Waals surface area contributed by atoms with Crippen LogP contribution >= 0.6 is 0 Å². The van der Waals surface area contributed by atoms with Gasteiger partial charge in [0.05, 0.1) is 12.0 Å². The number of hydrogen-bond donors (Lipinski definition) is 1. The number of carbonyl (C=O) groups excluding carboxylic acids is 1. The summed E-state index contributed by atoms with van der Waals surface area (Å²) in [5.41, 5.74) is 0.687. The van der Waals surface area contributed by atoms with Gasteiger partial charge in [-0.15, -0.1) is 0 Å². The van der Waals surface area contributed by atoms with E-state index in [4.69, 9.17) is 0 Å². The number of carbonyl (C=O) groups is 1. The Morgan fingerprint density at radius 3 is 2.88 bits per heavy atom. The number of ketones is 1. The lowest BCUT2D eigenvalue weighted by atomic mass is 9.75. The van der Waals surface area contributed by atoms with Crippen molar-refractivity contribution in [2.24, 2.45) is 5.41 Å². The number of allylic oxidation sites excluding steroid dienone is 1. The summed E-state index contributed by atoms with van der Waals surface area (Å²) in [6, 6.07) is 0.211. The minimum Gasteiger partial charge on any atom is -0.313 e. The number of aromatic nitrogens is 2. The van der Waals surface area contributed by atoms with Gasteiger partial charge >= 0.3 is 0 Å². The molecule has 2 rings (SSSR count). The topological polar surface area (TPSA) is 46.9 Å². The van der Waals surface area contributed by atoms with Gasteiger partial charge in [0.2, 0.25) is 0 Å². The van der Waals surface area contributed by atoms with E-state index in [0.717, 1.165) is 5.70 Å². The first-order chi connectivity index (χ1) is 7.54. The van der Waals surface area contributed by atoms with Crippen LogP contribution in [0.1, 0.15) is 20.3 Å². The van der Waals surface area contributed by atoms with Crippen molar-refractivity contribution in [2.75, 3.05) is 7.05 Å². The van der Waals surface area contributed by atoms with Crippen LogP contribution in [0, 0.1) is 5.41 Å². The quantitative estimate of drug-likeness (QED) is 0.815. The summed E-state index contributed by atoms with van der Waals surface area (Å²) in [6.07, 6.45) is 7.70. The van der Waals surface area contributed by atoms with Crippen molar-refractivity contribution in [1.82, 2.24) is 14.9 Å². The van der Waals surface area contributed by atoms with Crippen molar-refractivity contribution >= 4 is 11.5 Å². The van der Waals surface area contributed by atoms with Crippen molar-refractivity contribution in [3.05, 3.63) is 24.8 Å². The lowest BCUT2D eigenvalue weighted by Gasteiger charge is -2.36. The highest BCUT2D eigenvalue weighted by atomic mass is 16.1. The van der Waals surface area contributed by atoms with E-state index in [1.165, 1.54) is 0 Å². The van der Waals surface area contributed by atoms with E-state index >= 15 is 0 Å². The summed E-state index contributed by atoms with van der Waals surface area (Å²) < 4.78 is 1.78. The normalized spacial score (nSPS) is 24.3. The highest BCUT2D eigenvalue weighted by Crippen LogP contribution is 2.33. The molecule has 0 saturated heterocycles. The summed E-state index contributed by atoms with van der Waals surface area (Å²) in [5, 5.41) is 3.24. The molecule has 1 aliphatic rings. The molecule has 0 amide bonds. The molecular weight excluding hydrogens is 202 g/mol. The monoisotopic (exact) mass is 219 g/mol. The Bertz CT molecular complexity index is 417. The third-order valence-electron chi connectivity index (χ3n) is 3.16. The van der Waals surface area contributed by atoms with Crippen LogP contribution in [0.4, 0.5) is 0 Å². The van der Waals surface area contributed by atoms with Gasteiger partial charge in [0.25, 0.3) is 0 Å². The van der Waals surface area contributed by atoms with Gasteiger partial charge in [-0.25, -0.2) is 4.98 Å². The van der Waals surface area contributed by atoms with E-state index in [-0.39, 0.29) is 17.2 Å². The zero-order valence-corrected chi connectivity index (χ0v) is 9.90. The van der Waals surface area contributed by atoms with Gasteiger partial charge in [-0.1, -0.05) is 13.8 Å². The third-order valence-corrected chi connectivity index (χ3v) is 3.16. The van der Waals surface area contributed by atoms with Crippen molar-refractivity contribution in [3.63, 3.8) is 0 Å². The van der Waals surface area contributed by atoms with Gasteiger partial charge in [-0.3, -0.25) is 4.79 Å². The van der Waals surface area contributed by atoms with Crippen LogP contribution in [0.5, 0.6) is 0 Å². The van der Waals surface area contributed by atoms with Crippen LogP contribution in [0.3, 0.4) is 0 Å². The number of likely N-dealkylation sites (N-methyl/N-ethyl adjacent to an activating group) is 1. The van der Waals surface area contributed by atoms with E-state index in [2.05, 4.69) is 24.1 Å². The second-order valence-electron chi connectivity index (χ2n) is 4.88. The van der Waals surface area contributed by atoms with Crippen LogP contribution in [-0.2, 0) is 4.79 Å². The molecule has 0 aromatic carbocycles. The van der Waals surface area contributed by atoms with Gasteiger partial charge < -0.3 is 9.88 Å². The largest absolute Gasteiger partial charge is 0.313 e. The molecule has 0 saturated carbocycles. The second kappa shape index (κ2) is 3.87. The molecule has 1 aliphatic carbocycles. The van der Waals surface area contributed by atoms with Crippen molar-refractivity contribution in [3.8, 4) is 0 Å². The average molecular weight is 219 g/mol. The molecule has 1 aromatic heterocycles. The maximum absolute atomic E-state index is 12.0. The number of nitrogens with zero attached hydrogens (tertiary/aromatic N) is 2. The van der Waals surface area contributed by atoms with E-state index in [9.17, 15) is 4.79 Å². The van der Waals surface area contributed by atoms with Gasteiger partial charge in [0.15, 0.2) is 5.78 Å². The lowest BCUT2D eigenvalue weighted by Crippen LogP contribution is -2.43. The third kappa shape index (κ3) is 1.80. The summed E-state index contributed by atoms with van der Waals surface area (Å²) >= 11 is 0. The minimum atomic E-state index is -0.0318. The van der Waals surface area contributed by atoms with Crippen LogP contribution in [-0.4, -0.2) is 28.4 Å². The number of Topliss-reactive ketones (excluding diaryl/α,β-unsaturated/α-hetero) is 1. The predicted octanol–water partition coefficient (Wildman–Crippen LogP) is 1.31. The summed E-state index contributed by atoms with van der Waals surface area (Å²) in [7, 11) is 1.92. The first-order valence-corrected chi connectivity index (χ1v) is 5.45. The molecule has 0 fully saturated rings. The summed E-state index contributed by atoms with van der Waals surface area (Å²) in [6.45, 7) is 4.21. The molecule has 0 radical (unpaired) electrons. The van der Waals surface area contributed by atoms with Gasteiger partial charge in [0, 0.05) is 24.9 Å². The maximum atomic E-state index is 12.0. The van der Waals surface area contributed by atoms with Crippen LogP contribution in [0.2, 0.25) is 0 Å². The molecular formula is C12H17N3O. The fourth-order valence-corrected chi connectivity index (χ4v) is 2.20. The molecule has 0 bridgehead atoms. The number of hydrogen-bond acceptors (Lipinski definition) is 3. The Kier molecular flexibility index (Phi) is 2.68. The zero-order valence-electron chi connectivity index (χ0n) is 9.90. The fourth-order valence-electron chi connectivity index (χ4n) is 2.20. The number of rotatable bonds is 2. The zero-order chi connectivity index (χ0) is 11.8. The lowest BCUT2D eigenvalue weighted by molar-refractivity contribution is -0.116. The van der Waals surface area contributed by atoms with Crippen LogP contribution in [0.15, 0.2) is 24.8 Å². The second-order valence-corrected chi connectivity index (χ2v) is 4.88. The van der Waals surface area contributed by atoms with E-state index < -0.39 is 0 Å². The molecule has 16 heavy (non-hydrogen) atoms. The molecule has 1 atom stereocenters. The van der Waals surface area contributed by atoms with Crippen molar-refractivity contribution < 1.29 is 4.79 Å². The molecule has 1 N–H and O–H groups in total. The smallest absolute Gasteiger partial charge is 0.179 e. The summed E-state index contributed by atoms with van der Waals surface area (Å²) in [4.78, 5) is 16.0. The Morgan fingerprint density at radius 1 is 1.56 bits per heavy atom. The van der Waals surface area contributed by atoms with Crippen molar-refractivity contribution in [2.45, 2.75) is 26.3 Å². The van der Waals surface area contributed by atoms with Crippen molar-refractivity contribution in [1.29, 1.82) is 0 Å². The first kappa shape index (κ1) is 11.1. The van der Waals surface area contributed by atoms with Gasteiger partial charge in [-0.2, -0.15) is 0 Å². The first-order valence-electron chi connectivity index (χ1n) is 5.45. The maximum Gasteiger partial charge on any atom is 0.179 e. The molecule has 4 nitrogen and oxygen atoms in total.